The molecule has 2 N–H and O–H groups in total. The van der Waals surface area contributed by atoms with Crippen molar-refractivity contribution >= 4 is 29.3 Å². The van der Waals surface area contributed by atoms with Crippen LogP contribution in [-0.4, -0.2) is 78.3 Å². The fourth-order valence-electron chi connectivity index (χ4n) is 3.67. The quantitative estimate of drug-likeness (QED) is 0.607. The number of carbonyl (C=O) groups excluding carboxylic acids is 2. The summed E-state index contributed by atoms with van der Waals surface area (Å²) in [6, 6.07) is 7.49. The van der Waals surface area contributed by atoms with E-state index in [0.717, 1.165) is 11.0 Å². The van der Waals surface area contributed by atoms with Crippen LogP contribution in [-0.2, 0) is 16.0 Å². The molecule has 0 aliphatic carbocycles. The molecule has 2 aromatic heterocycles. The van der Waals surface area contributed by atoms with Gasteiger partial charge in [-0.25, -0.2) is 9.97 Å². The highest BCUT2D eigenvalue weighted by Gasteiger charge is 2.36. The first kappa shape index (κ1) is 21.9. The number of aromatic amines is 1. The van der Waals surface area contributed by atoms with Crippen molar-refractivity contribution in [3.63, 3.8) is 0 Å². The molecule has 0 spiro atoms. The van der Waals surface area contributed by atoms with E-state index in [2.05, 4.69) is 19.9 Å². The van der Waals surface area contributed by atoms with Crippen molar-refractivity contribution in [2.24, 2.45) is 0 Å². The highest BCUT2D eigenvalue weighted by atomic mass is 16.3. The molecule has 0 bridgehead atoms. The van der Waals surface area contributed by atoms with Crippen LogP contribution in [0.15, 0.2) is 42.9 Å². The summed E-state index contributed by atoms with van der Waals surface area (Å²) in [4.78, 5) is 53.3. The molecule has 31 heavy (non-hydrogen) atoms. The van der Waals surface area contributed by atoms with Gasteiger partial charge in [-0.3, -0.25) is 19.4 Å². The maximum absolute atomic E-state index is 12.9. The van der Waals surface area contributed by atoms with Gasteiger partial charge < -0.3 is 19.9 Å². The smallest absolute Gasteiger partial charge is 0.290 e. The van der Waals surface area contributed by atoms with Crippen LogP contribution in [0.3, 0.4) is 0 Å². The molecule has 1 aromatic carbocycles. The standard InChI is InChI=1S/C20H22N6O2.CH2O2/c1-13-14(2)26(20(28)17-12-21-7-8-22-17)10-9-25(13)19(27)11-18-23-15-5-3-4-6-16(15)24-18;2-1-3/h3-8,12-14H,9-11H2,1-2H3,(H,23,24);1H,(H,2,3)/t13-,14-;/m1./s1. The van der Waals surface area contributed by atoms with Gasteiger partial charge in [0.2, 0.25) is 5.91 Å². The van der Waals surface area contributed by atoms with Crippen LogP contribution in [0.2, 0.25) is 0 Å². The van der Waals surface area contributed by atoms with Gasteiger partial charge in [-0.05, 0) is 26.0 Å². The van der Waals surface area contributed by atoms with E-state index in [0.29, 0.717) is 24.6 Å². The number of nitrogens with zero attached hydrogens (tertiary/aromatic N) is 5. The van der Waals surface area contributed by atoms with Gasteiger partial charge in [0.1, 0.15) is 11.5 Å². The van der Waals surface area contributed by atoms with Crippen molar-refractivity contribution in [1.29, 1.82) is 0 Å². The van der Waals surface area contributed by atoms with Crippen LogP contribution >= 0.6 is 0 Å². The Balaban J connectivity index is 0.000000858. The minimum atomic E-state index is -0.250. The van der Waals surface area contributed by atoms with Crippen LogP contribution < -0.4 is 0 Å². The predicted octanol–water partition coefficient (Wildman–Crippen LogP) is 1.36. The molecule has 0 saturated carbocycles. The predicted molar refractivity (Wildman–Crippen MR) is 112 cm³/mol. The second-order valence-corrected chi connectivity index (χ2v) is 7.14. The number of hydrogen-bond donors (Lipinski definition) is 2. The first-order chi connectivity index (χ1) is 15.0. The number of nitrogens with one attached hydrogen (secondary N) is 1. The highest BCUT2D eigenvalue weighted by Crippen LogP contribution is 2.20. The zero-order valence-corrected chi connectivity index (χ0v) is 17.3. The van der Waals surface area contributed by atoms with Gasteiger partial charge >= 0.3 is 0 Å². The zero-order chi connectivity index (χ0) is 22.4. The first-order valence-electron chi connectivity index (χ1n) is 9.84. The Hall–Kier alpha value is -3.82. The molecule has 10 nitrogen and oxygen atoms in total. The fourth-order valence-corrected chi connectivity index (χ4v) is 3.67. The van der Waals surface area contributed by atoms with E-state index >= 15 is 0 Å². The van der Waals surface area contributed by atoms with E-state index in [1.165, 1.54) is 18.6 Å². The van der Waals surface area contributed by atoms with Crippen LogP contribution in [0.25, 0.3) is 11.0 Å². The normalized spacial score (nSPS) is 18.3. The number of amides is 2. The SMILES string of the molecule is C[C@@H]1[C@@H](C)N(C(=O)c2cnccn2)CCN1C(=O)Cc1nc2ccccc2[nH]1.O=CO. The highest BCUT2D eigenvalue weighted by molar-refractivity contribution is 5.92. The molecule has 0 unspecified atom stereocenters. The largest absolute Gasteiger partial charge is 0.483 e. The molecule has 1 aliphatic heterocycles. The Morgan fingerprint density at radius 2 is 1.84 bits per heavy atom. The summed E-state index contributed by atoms with van der Waals surface area (Å²) in [5.41, 5.74) is 2.10. The molecule has 0 radical (unpaired) electrons. The van der Waals surface area contributed by atoms with E-state index in [-0.39, 0.29) is 36.8 Å². The van der Waals surface area contributed by atoms with Gasteiger partial charge in [-0.2, -0.15) is 0 Å². The van der Waals surface area contributed by atoms with E-state index in [9.17, 15) is 9.59 Å². The van der Waals surface area contributed by atoms with Crippen molar-refractivity contribution in [1.82, 2.24) is 29.7 Å². The van der Waals surface area contributed by atoms with Crippen molar-refractivity contribution in [2.45, 2.75) is 32.4 Å². The van der Waals surface area contributed by atoms with Gasteiger partial charge in [0, 0.05) is 37.6 Å². The molecule has 3 heterocycles. The number of carboxylic acid groups (broad SMARTS) is 1. The van der Waals surface area contributed by atoms with Gasteiger partial charge in [0.05, 0.1) is 23.7 Å². The number of hydrogen-bond acceptors (Lipinski definition) is 6. The van der Waals surface area contributed by atoms with Crippen molar-refractivity contribution < 1.29 is 19.5 Å². The maximum atomic E-state index is 12.9. The summed E-state index contributed by atoms with van der Waals surface area (Å²) < 4.78 is 0. The summed E-state index contributed by atoms with van der Waals surface area (Å²) in [7, 11) is 0. The lowest BCUT2D eigenvalue weighted by atomic mass is 10.0. The van der Waals surface area contributed by atoms with Crippen molar-refractivity contribution in [3.8, 4) is 0 Å². The molecule has 1 aliphatic rings. The van der Waals surface area contributed by atoms with E-state index in [1.807, 2.05) is 43.0 Å². The molecular formula is C21H24N6O4. The number of imidazole rings is 1. The lowest BCUT2D eigenvalue weighted by Crippen LogP contribution is -2.60. The van der Waals surface area contributed by atoms with E-state index < -0.39 is 0 Å². The van der Waals surface area contributed by atoms with E-state index in [1.54, 1.807) is 4.90 Å². The third-order valence-corrected chi connectivity index (χ3v) is 5.38. The van der Waals surface area contributed by atoms with Crippen LogP contribution in [0.1, 0.15) is 30.2 Å². The molecule has 162 valence electrons. The fraction of sp³-hybridized carbons (Fsp3) is 0.333. The van der Waals surface area contributed by atoms with E-state index in [4.69, 9.17) is 9.90 Å². The number of carbonyl (C=O) groups is 3. The number of rotatable bonds is 3. The molecule has 2 atom stereocenters. The Labute approximate surface area is 178 Å². The second kappa shape index (κ2) is 9.79. The molecule has 4 rings (SSSR count). The number of para-hydroxylation sites is 2. The van der Waals surface area contributed by atoms with Gasteiger partial charge in [0.25, 0.3) is 12.4 Å². The molecule has 2 amide bonds. The number of aromatic nitrogens is 4. The average molecular weight is 424 g/mol. The zero-order valence-electron chi connectivity index (χ0n) is 17.3. The summed E-state index contributed by atoms with van der Waals surface area (Å²) in [5, 5.41) is 6.89. The first-order valence-corrected chi connectivity index (χ1v) is 9.84. The Kier molecular flexibility index (Phi) is 6.91. The third kappa shape index (κ3) is 4.85. The van der Waals surface area contributed by atoms with Crippen LogP contribution in [0.4, 0.5) is 0 Å². The number of H-pyrrole nitrogens is 1. The number of piperazine rings is 1. The maximum Gasteiger partial charge on any atom is 0.290 e. The average Bonchev–Trinajstić information content (AvgIpc) is 3.18. The number of fused-ring (bicyclic) bond motifs is 1. The summed E-state index contributed by atoms with van der Waals surface area (Å²) in [5.74, 6) is 0.506. The molecule has 3 aromatic rings. The lowest BCUT2D eigenvalue weighted by molar-refractivity contribution is -0.136. The molecule has 10 heteroatoms. The Morgan fingerprint density at radius 3 is 2.52 bits per heavy atom. The minimum absolute atomic E-state index is 0.00464. The monoisotopic (exact) mass is 424 g/mol. The summed E-state index contributed by atoms with van der Waals surface area (Å²) >= 11 is 0. The van der Waals surface area contributed by atoms with Crippen LogP contribution in [0, 0.1) is 0 Å². The van der Waals surface area contributed by atoms with Gasteiger partial charge in [0.15, 0.2) is 0 Å². The minimum Gasteiger partial charge on any atom is -0.483 e. The Morgan fingerprint density at radius 1 is 1.16 bits per heavy atom. The van der Waals surface area contributed by atoms with Crippen molar-refractivity contribution in [3.05, 3.63) is 54.4 Å². The number of benzene rings is 1. The molecule has 1 saturated heterocycles. The van der Waals surface area contributed by atoms with Gasteiger partial charge in [-0.15, -0.1) is 0 Å². The summed E-state index contributed by atoms with van der Waals surface area (Å²) in [6.07, 6.45) is 4.73. The lowest BCUT2D eigenvalue weighted by Gasteiger charge is -2.44. The third-order valence-electron chi connectivity index (χ3n) is 5.38. The topological polar surface area (TPSA) is 132 Å². The molecule has 1 fully saturated rings. The van der Waals surface area contributed by atoms with Crippen molar-refractivity contribution in [2.75, 3.05) is 13.1 Å². The second-order valence-electron chi connectivity index (χ2n) is 7.14. The van der Waals surface area contributed by atoms with Crippen LogP contribution in [0.5, 0.6) is 0 Å². The molecular weight excluding hydrogens is 400 g/mol. The Bertz CT molecular complexity index is 1020. The van der Waals surface area contributed by atoms with Gasteiger partial charge in [-0.1, -0.05) is 12.1 Å². The summed E-state index contributed by atoms with van der Waals surface area (Å²) in [6.45, 7) is 4.63.